The Morgan fingerprint density at radius 3 is 2.52 bits per heavy atom. The van der Waals surface area contributed by atoms with Gasteiger partial charge in [0.05, 0.1) is 13.1 Å². The molecule has 0 bridgehead atoms. The van der Waals surface area contributed by atoms with Gasteiger partial charge in [-0.1, -0.05) is 29.8 Å². The molecule has 1 amide bonds. The van der Waals surface area contributed by atoms with E-state index in [0.717, 1.165) is 5.56 Å². The van der Waals surface area contributed by atoms with Gasteiger partial charge in [-0.3, -0.25) is 4.79 Å². The first kappa shape index (κ1) is 18.6. The van der Waals surface area contributed by atoms with Crippen LogP contribution in [0.4, 0.5) is 5.69 Å². The van der Waals surface area contributed by atoms with Gasteiger partial charge in [-0.2, -0.15) is 0 Å². The molecule has 0 unspecified atom stereocenters. The Morgan fingerprint density at radius 1 is 1.12 bits per heavy atom. The average Bonchev–Trinajstić information content (AvgIpc) is 2.60. The quantitative estimate of drug-likeness (QED) is 0.362. The summed E-state index contributed by atoms with van der Waals surface area (Å²) in [6.45, 7) is 3.10. The van der Waals surface area contributed by atoms with E-state index in [2.05, 4.69) is 20.9 Å². The van der Waals surface area contributed by atoms with E-state index in [1.165, 1.54) is 12.1 Å². The van der Waals surface area contributed by atoms with Crippen molar-refractivity contribution in [1.82, 2.24) is 10.6 Å². The highest BCUT2D eigenvalue weighted by Gasteiger charge is 2.05. The van der Waals surface area contributed by atoms with Gasteiger partial charge >= 0.3 is 0 Å². The number of nitrogens with one attached hydrogen (secondary N) is 3. The third-order valence-corrected chi connectivity index (χ3v) is 3.65. The van der Waals surface area contributed by atoms with E-state index < -0.39 is 0 Å². The summed E-state index contributed by atoms with van der Waals surface area (Å²) < 4.78 is 0. The highest BCUT2D eigenvalue weighted by atomic mass is 35.5. The van der Waals surface area contributed by atoms with Gasteiger partial charge in [0.2, 0.25) is 5.91 Å². The van der Waals surface area contributed by atoms with Crippen molar-refractivity contribution < 1.29 is 9.90 Å². The van der Waals surface area contributed by atoms with Crippen molar-refractivity contribution in [3.05, 3.63) is 59.1 Å². The predicted octanol–water partition coefficient (Wildman–Crippen LogP) is 2.74. The van der Waals surface area contributed by atoms with Gasteiger partial charge in [0.15, 0.2) is 5.96 Å². The lowest BCUT2D eigenvalue weighted by Crippen LogP contribution is -2.41. The van der Waals surface area contributed by atoms with Gasteiger partial charge in [-0.05, 0) is 42.8 Å². The minimum atomic E-state index is -0.214. The molecule has 0 aliphatic heterocycles. The number of nitrogens with zero attached hydrogens (tertiary/aromatic N) is 1. The van der Waals surface area contributed by atoms with E-state index in [0.29, 0.717) is 29.8 Å². The summed E-state index contributed by atoms with van der Waals surface area (Å²) in [5, 5.41) is 18.7. The van der Waals surface area contributed by atoms with Crippen LogP contribution in [0.1, 0.15) is 12.5 Å². The van der Waals surface area contributed by atoms with Gasteiger partial charge in [0.1, 0.15) is 5.75 Å². The van der Waals surface area contributed by atoms with Crippen molar-refractivity contribution in [3.63, 3.8) is 0 Å². The van der Waals surface area contributed by atoms with Crippen molar-refractivity contribution >= 4 is 29.2 Å². The zero-order valence-electron chi connectivity index (χ0n) is 13.9. The summed E-state index contributed by atoms with van der Waals surface area (Å²) in [4.78, 5) is 16.4. The molecule has 0 aliphatic carbocycles. The second kappa shape index (κ2) is 9.54. The average molecular weight is 361 g/mol. The number of phenolic OH excluding ortho intramolecular Hbond substituents is 1. The topological polar surface area (TPSA) is 85.8 Å². The molecule has 132 valence electrons. The van der Waals surface area contributed by atoms with E-state index >= 15 is 0 Å². The molecule has 0 aromatic heterocycles. The molecule has 2 aromatic rings. The fourth-order valence-corrected chi connectivity index (χ4v) is 2.24. The summed E-state index contributed by atoms with van der Waals surface area (Å²) in [5.74, 6) is 0.467. The Morgan fingerprint density at radius 2 is 1.84 bits per heavy atom. The number of carbonyl (C=O) groups excluding carboxylic acids is 1. The van der Waals surface area contributed by atoms with E-state index in [1.807, 2.05) is 31.2 Å². The SMILES string of the molecule is CCNC(=NCc1ccccc1Cl)NCC(=O)Nc1ccc(O)cc1. The summed E-state index contributed by atoms with van der Waals surface area (Å²) in [6.07, 6.45) is 0. The molecule has 2 aromatic carbocycles. The first-order chi connectivity index (χ1) is 12.1. The van der Waals surface area contributed by atoms with Gasteiger partial charge in [0, 0.05) is 17.3 Å². The summed E-state index contributed by atoms with van der Waals surface area (Å²) >= 11 is 6.12. The summed E-state index contributed by atoms with van der Waals surface area (Å²) in [5.41, 5.74) is 1.53. The Kier molecular flexibility index (Phi) is 7.10. The first-order valence-electron chi connectivity index (χ1n) is 7.93. The first-order valence-corrected chi connectivity index (χ1v) is 8.30. The Balaban J connectivity index is 1.89. The maximum absolute atomic E-state index is 12.0. The maximum atomic E-state index is 12.0. The molecule has 0 radical (unpaired) electrons. The number of hydrogen-bond acceptors (Lipinski definition) is 3. The number of aromatic hydroxyl groups is 1. The molecule has 25 heavy (non-hydrogen) atoms. The molecule has 0 heterocycles. The normalized spacial score (nSPS) is 11.0. The lowest BCUT2D eigenvalue weighted by molar-refractivity contribution is -0.115. The van der Waals surface area contributed by atoms with E-state index in [4.69, 9.17) is 11.6 Å². The zero-order chi connectivity index (χ0) is 18.1. The molecular formula is C18H21ClN4O2. The molecule has 2 rings (SSSR count). The van der Waals surface area contributed by atoms with Crippen LogP contribution in [0.5, 0.6) is 5.75 Å². The van der Waals surface area contributed by atoms with Crippen LogP contribution >= 0.6 is 11.6 Å². The van der Waals surface area contributed by atoms with Gasteiger partial charge < -0.3 is 21.1 Å². The molecule has 0 spiro atoms. The van der Waals surface area contributed by atoms with Crippen LogP contribution in [0.2, 0.25) is 5.02 Å². The predicted molar refractivity (Wildman–Crippen MR) is 101 cm³/mol. The molecule has 4 N–H and O–H groups in total. The van der Waals surface area contributed by atoms with E-state index in [1.54, 1.807) is 12.1 Å². The fraction of sp³-hybridized carbons (Fsp3) is 0.222. The van der Waals surface area contributed by atoms with Gasteiger partial charge in [0.25, 0.3) is 0 Å². The van der Waals surface area contributed by atoms with Crippen molar-refractivity contribution in [2.75, 3.05) is 18.4 Å². The van der Waals surface area contributed by atoms with E-state index in [9.17, 15) is 9.90 Å². The smallest absolute Gasteiger partial charge is 0.243 e. The largest absolute Gasteiger partial charge is 0.508 e. The number of aliphatic imine (C=N–C) groups is 1. The van der Waals surface area contributed by atoms with Gasteiger partial charge in [-0.25, -0.2) is 4.99 Å². The van der Waals surface area contributed by atoms with Crippen molar-refractivity contribution in [2.24, 2.45) is 4.99 Å². The number of amides is 1. The van der Waals surface area contributed by atoms with Crippen molar-refractivity contribution in [1.29, 1.82) is 0 Å². The number of benzene rings is 2. The third kappa shape index (κ3) is 6.35. The third-order valence-electron chi connectivity index (χ3n) is 3.28. The number of anilines is 1. The molecule has 0 saturated carbocycles. The maximum Gasteiger partial charge on any atom is 0.243 e. The summed E-state index contributed by atoms with van der Waals surface area (Å²) in [7, 11) is 0. The Bertz CT molecular complexity index is 732. The monoisotopic (exact) mass is 360 g/mol. The lowest BCUT2D eigenvalue weighted by atomic mass is 10.2. The lowest BCUT2D eigenvalue weighted by Gasteiger charge is -2.12. The van der Waals surface area contributed by atoms with Crippen molar-refractivity contribution in [3.8, 4) is 5.75 Å². The Hall–Kier alpha value is -2.73. The van der Waals surface area contributed by atoms with Crippen LogP contribution in [-0.4, -0.2) is 30.1 Å². The molecular weight excluding hydrogens is 340 g/mol. The highest BCUT2D eigenvalue weighted by Crippen LogP contribution is 2.15. The molecule has 0 fully saturated rings. The minimum absolute atomic E-state index is 0.0647. The second-order valence-corrected chi connectivity index (χ2v) is 5.64. The number of guanidine groups is 1. The molecule has 0 saturated heterocycles. The van der Waals surface area contributed by atoms with Crippen LogP contribution in [0.25, 0.3) is 0 Å². The second-order valence-electron chi connectivity index (χ2n) is 5.24. The molecule has 0 aliphatic rings. The fourth-order valence-electron chi connectivity index (χ4n) is 2.05. The van der Waals surface area contributed by atoms with Crippen LogP contribution in [0.15, 0.2) is 53.5 Å². The van der Waals surface area contributed by atoms with E-state index in [-0.39, 0.29) is 18.2 Å². The zero-order valence-corrected chi connectivity index (χ0v) is 14.7. The molecule has 7 heteroatoms. The Labute approximate surface area is 151 Å². The van der Waals surface area contributed by atoms with Gasteiger partial charge in [-0.15, -0.1) is 0 Å². The minimum Gasteiger partial charge on any atom is -0.508 e. The number of halogens is 1. The van der Waals surface area contributed by atoms with Crippen LogP contribution in [-0.2, 0) is 11.3 Å². The number of carbonyl (C=O) groups is 1. The highest BCUT2D eigenvalue weighted by molar-refractivity contribution is 6.31. The van der Waals surface area contributed by atoms with Crippen molar-refractivity contribution in [2.45, 2.75) is 13.5 Å². The number of phenols is 1. The van der Waals surface area contributed by atoms with Crippen LogP contribution in [0.3, 0.4) is 0 Å². The number of rotatable bonds is 6. The number of hydrogen-bond donors (Lipinski definition) is 4. The van der Waals surface area contributed by atoms with Crippen LogP contribution in [0, 0.1) is 0 Å². The molecule has 0 atom stereocenters. The molecule has 6 nitrogen and oxygen atoms in total. The standard InChI is InChI=1S/C18H21ClN4O2/c1-2-20-18(21-11-13-5-3-4-6-16(13)19)22-12-17(25)23-14-7-9-15(24)10-8-14/h3-10,24H,2,11-12H2,1H3,(H,23,25)(H2,20,21,22). The van der Waals surface area contributed by atoms with Crippen LogP contribution < -0.4 is 16.0 Å². The summed E-state index contributed by atoms with van der Waals surface area (Å²) in [6, 6.07) is 13.8.